The summed E-state index contributed by atoms with van der Waals surface area (Å²) in [6.45, 7) is 0.675. The fourth-order valence-corrected chi connectivity index (χ4v) is 0.602. The van der Waals surface area contributed by atoms with E-state index in [1.54, 1.807) is 0 Å². The van der Waals surface area contributed by atoms with Gasteiger partial charge in [-0.2, -0.15) is 0 Å². The summed E-state index contributed by atoms with van der Waals surface area (Å²) in [7, 11) is 0. The molecule has 0 amide bonds. The predicted molar refractivity (Wildman–Crippen MR) is 35.3 cm³/mol. The summed E-state index contributed by atoms with van der Waals surface area (Å²) in [4.78, 5) is 12.3. The standard InChI is InChI=1S/C5H10ClNO2/c6-7-4-2-1-3-5(8)9/h7H,1-4H2,(H,8,9). The highest BCUT2D eigenvalue weighted by molar-refractivity contribution is 6.13. The molecule has 0 aromatic rings. The summed E-state index contributed by atoms with van der Waals surface area (Å²) in [6.07, 6.45) is 1.74. The molecule has 0 aliphatic carbocycles. The third-order valence-corrected chi connectivity index (χ3v) is 1.10. The largest absolute Gasteiger partial charge is 0.481 e. The van der Waals surface area contributed by atoms with Crippen LogP contribution in [0.4, 0.5) is 0 Å². The van der Waals surface area contributed by atoms with E-state index in [-0.39, 0.29) is 6.42 Å². The van der Waals surface area contributed by atoms with Crippen molar-refractivity contribution in [2.24, 2.45) is 0 Å². The monoisotopic (exact) mass is 151 g/mol. The number of unbranched alkanes of at least 4 members (excludes halogenated alkanes) is 1. The summed E-state index contributed by atoms with van der Waals surface area (Å²) in [5.41, 5.74) is 0. The minimum Gasteiger partial charge on any atom is -0.481 e. The van der Waals surface area contributed by atoms with Crippen molar-refractivity contribution in [3.05, 3.63) is 0 Å². The predicted octanol–water partition coefficient (Wildman–Crippen LogP) is 0.985. The van der Waals surface area contributed by atoms with E-state index >= 15 is 0 Å². The number of nitrogens with one attached hydrogen (secondary N) is 1. The normalized spacial score (nSPS) is 9.44. The summed E-state index contributed by atoms with van der Waals surface area (Å²) < 4.78 is 0. The van der Waals surface area contributed by atoms with Crippen LogP contribution in [0.5, 0.6) is 0 Å². The summed E-state index contributed by atoms with van der Waals surface area (Å²) in [5, 5.41) is 8.16. The van der Waals surface area contributed by atoms with Crippen molar-refractivity contribution in [1.82, 2.24) is 4.84 Å². The lowest BCUT2D eigenvalue weighted by molar-refractivity contribution is -0.137. The number of carbonyl (C=O) groups is 1. The summed E-state index contributed by atoms with van der Waals surface area (Å²) in [5.74, 6) is -0.746. The lowest BCUT2D eigenvalue weighted by Crippen LogP contribution is -2.02. The fraction of sp³-hybridized carbons (Fsp3) is 0.800. The Morgan fingerprint density at radius 1 is 1.56 bits per heavy atom. The summed E-state index contributed by atoms with van der Waals surface area (Å²) in [6, 6.07) is 0. The number of carboxylic acids is 1. The van der Waals surface area contributed by atoms with Crippen molar-refractivity contribution in [2.75, 3.05) is 6.54 Å². The molecule has 0 aromatic heterocycles. The number of halogens is 1. The highest BCUT2D eigenvalue weighted by Gasteiger charge is 1.94. The van der Waals surface area contributed by atoms with E-state index in [1.807, 2.05) is 0 Å². The number of rotatable bonds is 5. The minimum absolute atomic E-state index is 0.235. The Kier molecular flexibility index (Phi) is 5.67. The minimum atomic E-state index is -0.746. The molecule has 0 aliphatic heterocycles. The molecule has 0 fully saturated rings. The van der Waals surface area contributed by atoms with Crippen molar-refractivity contribution in [1.29, 1.82) is 0 Å². The van der Waals surface area contributed by atoms with Gasteiger partial charge >= 0.3 is 5.97 Å². The first-order chi connectivity index (χ1) is 4.27. The van der Waals surface area contributed by atoms with Gasteiger partial charge in [0.05, 0.1) is 0 Å². The Morgan fingerprint density at radius 2 is 2.22 bits per heavy atom. The van der Waals surface area contributed by atoms with Crippen molar-refractivity contribution in [3.63, 3.8) is 0 Å². The van der Waals surface area contributed by atoms with Gasteiger partial charge in [0.1, 0.15) is 0 Å². The first-order valence-electron chi connectivity index (χ1n) is 2.82. The van der Waals surface area contributed by atoms with E-state index in [0.717, 1.165) is 6.42 Å². The van der Waals surface area contributed by atoms with Gasteiger partial charge in [-0.05, 0) is 24.6 Å². The van der Waals surface area contributed by atoms with E-state index in [9.17, 15) is 4.79 Å². The molecular formula is C5H10ClNO2. The van der Waals surface area contributed by atoms with Gasteiger partial charge in [-0.25, -0.2) is 4.84 Å². The molecule has 2 N–H and O–H groups in total. The maximum Gasteiger partial charge on any atom is 0.303 e. The molecule has 54 valence electrons. The molecule has 0 spiro atoms. The maximum atomic E-state index is 9.91. The molecule has 0 heterocycles. The Hall–Kier alpha value is -0.280. The van der Waals surface area contributed by atoms with E-state index in [2.05, 4.69) is 4.84 Å². The number of carboxylic acid groups (broad SMARTS) is 1. The second-order valence-electron chi connectivity index (χ2n) is 1.73. The van der Waals surface area contributed by atoms with Gasteiger partial charge in [0.2, 0.25) is 0 Å². The maximum absolute atomic E-state index is 9.91. The first kappa shape index (κ1) is 8.72. The lowest BCUT2D eigenvalue weighted by Gasteiger charge is -1.93. The van der Waals surface area contributed by atoms with Crippen LogP contribution in [0.2, 0.25) is 0 Å². The average Bonchev–Trinajstić information content (AvgIpc) is 1.80. The van der Waals surface area contributed by atoms with Crippen LogP contribution < -0.4 is 4.84 Å². The highest BCUT2D eigenvalue weighted by atomic mass is 35.5. The van der Waals surface area contributed by atoms with Crippen LogP contribution >= 0.6 is 11.8 Å². The second kappa shape index (κ2) is 5.85. The second-order valence-corrected chi connectivity index (χ2v) is 2.00. The molecular weight excluding hydrogens is 142 g/mol. The van der Waals surface area contributed by atoms with Crippen molar-refractivity contribution in [2.45, 2.75) is 19.3 Å². The molecule has 0 bridgehead atoms. The van der Waals surface area contributed by atoms with Crippen molar-refractivity contribution >= 4 is 17.7 Å². The fourth-order valence-electron chi connectivity index (χ4n) is 0.468. The van der Waals surface area contributed by atoms with Crippen molar-refractivity contribution < 1.29 is 9.90 Å². The zero-order chi connectivity index (χ0) is 7.11. The van der Waals surface area contributed by atoms with Crippen LogP contribution in [0.3, 0.4) is 0 Å². The van der Waals surface area contributed by atoms with Crippen LogP contribution in [-0.2, 0) is 4.79 Å². The van der Waals surface area contributed by atoms with Gasteiger partial charge in [0.25, 0.3) is 0 Å². The molecule has 9 heavy (non-hydrogen) atoms. The summed E-state index contributed by atoms with van der Waals surface area (Å²) >= 11 is 5.12. The van der Waals surface area contributed by atoms with E-state index < -0.39 is 5.97 Å². The molecule has 4 heteroatoms. The third kappa shape index (κ3) is 7.72. The van der Waals surface area contributed by atoms with Crippen LogP contribution in [0, 0.1) is 0 Å². The molecule has 0 radical (unpaired) electrons. The Balaban J connectivity index is 2.83. The third-order valence-electron chi connectivity index (χ3n) is 0.912. The number of hydrogen-bond acceptors (Lipinski definition) is 2. The first-order valence-corrected chi connectivity index (χ1v) is 3.20. The van der Waals surface area contributed by atoms with E-state index in [4.69, 9.17) is 16.9 Å². The molecule has 0 aliphatic rings. The van der Waals surface area contributed by atoms with E-state index in [0.29, 0.717) is 13.0 Å². The average molecular weight is 152 g/mol. The molecule has 0 rings (SSSR count). The smallest absolute Gasteiger partial charge is 0.303 e. The van der Waals surface area contributed by atoms with Gasteiger partial charge in [-0.1, -0.05) is 0 Å². The van der Waals surface area contributed by atoms with Gasteiger partial charge in [-0.15, -0.1) is 0 Å². The molecule has 0 saturated heterocycles. The van der Waals surface area contributed by atoms with Gasteiger partial charge < -0.3 is 5.11 Å². The Bertz CT molecular complexity index is 87.0. The van der Waals surface area contributed by atoms with Crippen LogP contribution in [0.1, 0.15) is 19.3 Å². The number of hydrogen-bond donors (Lipinski definition) is 2. The molecule has 0 atom stereocenters. The molecule has 0 saturated carbocycles. The SMILES string of the molecule is O=C(O)CCCCNCl. The zero-order valence-corrected chi connectivity index (χ0v) is 5.82. The Morgan fingerprint density at radius 3 is 2.67 bits per heavy atom. The number of aliphatic carboxylic acids is 1. The molecule has 3 nitrogen and oxygen atoms in total. The van der Waals surface area contributed by atoms with E-state index in [1.165, 1.54) is 0 Å². The highest BCUT2D eigenvalue weighted by Crippen LogP contribution is 1.92. The molecule has 0 aromatic carbocycles. The van der Waals surface area contributed by atoms with Gasteiger partial charge in [-0.3, -0.25) is 4.79 Å². The topological polar surface area (TPSA) is 49.3 Å². The molecule has 0 unspecified atom stereocenters. The van der Waals surface area contributed by atoms with Gasteiger partial charge in [0.15, 0.2) is 0 Å². The quantitative estimate of drug-likeness (QED) is 0.455. The zero-order valence-electron chi connectivity index (χ0n) is 5.06. The van der Waals surface area contributed by atoms with Crippen LogP contribution in [0.25, 0.3) is 0 Å². The van der Waals surface area contributed by atoms with Gasteiger partial charge in [0, 0.05) is 13.0 Å². The van der Waals surface area contributed by atoms with Crippen LogP contribution in [-0.4, -0.2) is 17.6 Å². The lowest BCUT2D eigenvalue weighted by atomic mass is 10.2. The Labute approximate surface area is 59.1 Å². The van der Waals surface area contributed by atoms with Crippen molar-refractivity contribution in [3.8, 4) is 0 Å². The van der Waals surface area contributed by atoms with Crippen LogP contribution in [0.15, 0.2) is 0 Å².